The molecule has 2 rings (SSSR count). The van der Waals surface area contributed by atoms with E-state index in [1.165, 1.54) is 12.3 Å². The molecule has 11 heteroatoms. The highest BCUT2D eigenvalue weighted by Gasteiger charge is 2.28. The molecule has 0 aliphatic heterocycles. The summed E-state index contributed by atoms with van der Waals surface area (Å²) in [5.74, 6) is 0.941. The molecule has 1 heterocycles. The van der Waals surface area contributed by atoms with Gasteiger partial charge in [0.2, 0.25) is 5.91 Å². The average Bonchev–Trinajstić information content (AvgIpc) is 3.40. The van der Waals surface area contributed by atoms with Crippen LogP contribution in [-0.2, 0) is 32.2 Å². The molecule has 0 unspecified atom stereocenters. The van der Waals surface area contributed by atoms with Crippen molar-refractivity contribution in [1.29, 1.82) is 0 Å². The molecule has 2 aromatic rings. The van der Waals surface area contributed by atoms with Crippen LogP contribution in [0, 0.1) is 19.3 Å². The van der Waals surface area contributed by atoms with E-state index in [-0.39, 0.29) is 31.6 Å². The van der Waals surface area contributed by atoms with E-state index >= 15 is 0 Å². The summed E-state index contributed by atoms with van der Waals surface area (Å²) in [6, 6.07) is 6.87. The third-order valence-electron chi connectivity index (χ3n) is 5.75. The fourth-order valence-corrected chi connectivity index (χ4v) is 3.61. The first-order valence-corrected chi connectivity index (χ1v) is 13.4. The molecule has 2 atom stereocenters. The molecule has 222 valence electrons. The molecule has 1 aromatic carbocycles. The zero-order chi connectivity index (χ0) is 30.4. The normalized spacial score (nSPS) is 12.4. The number of benzene rings is 1. The van der Waals surface area contributed by atoms with E-state index in [9.17, 15) is 19.2 Å². The van der Waals surface area contributed by atoms with Crippen LogP contribution in [0.4, 0.5) is 4.79 Å². The highest BCUT2D eigenvalue weighted by atomic mass is 16.6. The summed E-state index contributed by atoms with van der Waals surface area (Å²) in [7, 11) is 0. The molecule has 41 heavy (non-hydrogen) atoms. The molecular weight excluding hydrogens is 528 g/mol. The Bertz CT molecular complexity index is 1210. The second-order valence-electron chi connectivity index (χ2n) is 10.5. The highest BCUT2D eigenvalue weighted by Crippen LogP contribution is 2.11. The van der Waals surface area contributed by atoms with Gasteiger partial charge in [-0.25, -0.2) is 9.59 Å². The van der Waals surface area contributed by atoms with Gasteiger partial charge in [0.05, 0.1) is 12.1 Å². The van der Waals surface area contributed by atoms with Crippen LogP contribution in [0.25, 0.3) is 0 Å². The van der Waals surface area contributed by atoms with Crippen molar-refractivity contribution < 1.29 is 33.1 Å². The predicted octanol–water partition coefficient (Wildman–Crippen LogP) is 3.09. The highest BCUT2D eigenvalue weighted by molar-refractivity contribution is 5.98. The summed E-state index contributed by atoms with van der Waals surface area (Å²) >= 11 is 0. The summed E-state index contributed by atoms with van der Waals surface area (Å²) in [5.41, 5.74) is 6.96. The predicted molar refractivity (Wildman–Crippen MR) is 152 cm³/mol. The van der Waals surface area contributed by atoms with Crippen LogP contribution in [0.3, 0.4) is 0 Å². The molecule has 0 aliphatic carbocycles. The number of esters is 1. The fraction of sp³-hybridized carbons (Fsp3) is 0.467. The summed E-state index contributed by atoms with van der Waals surface area (Å²) in [4.78, 5) is 50.7. The molecule has 3 amide bonds. The molecule has 0 saturated heterocycles. The largest absolute Gasteiger partial charge is 0.467 e. The third-order valence-corrected chi connectivity index (χ3v) is 5.75. The summed E-state index contributed by atoms with van der Waals surface area (Å²) in [5, 5.41) is 7.91. The molecule has 0 saturated carbocycles. The van der Waals surface area contributed by atoms with Crippen LogP contribution < -0.4 is 21.7 Å². The number of terminal acetylenes is 1. The quantitative estimate of drug-likeness (QED) is 0.154. The Hall–Kier alpha value is -4.30. The number of aryl methyl sites for hydroxylation is 1. The van der Waals surface area contributed by atoms with E-state index in [4.69, 9.17) is 26.0 Å². The van der Waals surface area contributed by atoms with E-state index in [0.717, 1.165) is 11.1 Å². The Labute approximate surface area is 240 Å². The average molecular weight is 569 g/mol. The molecule has 5 N–H and O–H groups in total. The topological polar surface area (TPSA) is 162 Å². The van der Waals surface area contributed by atoms with Crippen LogP contribution in [-0.4, -0.2) is 48.1 Å². The van der Waals surface area contributed by atoms with Gasteiger partial charge in [-0.3, -0.25) is 9.59 Å². The Morgan fingerprint density at radius 3 is 2.39 bits per heavy atom. The van der Waals surface area contributed by atoms with E-state index in [2.05, 4.69) is 21.9 Å². The van der Waals surface area contributed by atoms with E-state index in [1.807, 2.05) is 31.2 Å². The first-order valence-electron chi connectivity index (χ1n) is 13.4. The minimum Gasteiger partial charge on any atom is -0.467 e. The van der Waals surface area contributed by atoms with Gasteiger partial charge in [-0.1, -0.05) is 29.8 Å². The number of carbonyl (C=O) groups is 4. The number of rotatable bonds is 14. The second-order valence-corrected chi connectivity index (χ2v) is 10.5. The maximum atomic E-state index is 13.2. The maximum absolute atomic E-state index is 13.2. The Morgan fingerprint density at radius 2 is 1.78 bits per heavy atom. The minimum atomic E-state index is -1.11. The fourth-order valence-electron chi connectivity index (χ4n) is 3.61. The number of unbranched alkanes of at least 4 members (excludes halogenated alkanes) is 1. The van der Waals surface area contributed by atoms with Gasteiger partial charge >= 0.3 is 12.1 Å². The van der Waals surface area contributed by atoms with Crippen molar-refractivity contribution in [2.75, 3.05) is 6.54 Å². The van der Waals surface area contributed by atoms with E-state index in [1.54, 1.807) is 20.8 Å². The van der Waals surface area contributed by atoms with Crippen molar-refractivity contribution in [2.24, 2.45) is 5.73 Å². The molecule has 1 aromatic heterocycles. The van der Waals surface area contributed by atoms with Crippen molar-refractivity contribution in [3.8, 4) is 12.3 Å². The number of carbonyl (C=O) groups excluding carboxylic acids is 4. The Morgan fingerprint density at radius 1 is 1.07 bits per heavy atom. The molecule has 0 radical (unpaired) electrons. The van der Waals surface area contributed by atoms with Crippen LogP contribution in [0.15, 0.2) is 41.0 Å². The maximum Gasteiger partial charge on any atom is 0.407 e. The molecule has 0 spiro atoms. The van der Waals surface area contributed by atoms with E-state index < -0.39 is 41.6 Å². The van der Waals surface area contributed by atoms with Crippen molar-refractivity contribution in [1.82, 2.24) is 16.0 Å². The lowest BCUT2D eigenvalue weighted by Gasteiger charge is -2.22. The number of nitrogens with two attached hydrogens (primary N) is 1. The van der Waals surface area contributed by atoms with Crippen molar-refractivity contribution >= 4 is 23.9 Å². The summed E-state index contributed by atoms with van der Waals surface area (Å²) in [6.07, 6.45) is 7.26. The van der Waals surface area contributed by atoms with Crippen LogP contribution in [0.5, 0.6) is 0 Å². The van der Waals surface area contributed by atoms with Crippen molar-refractivity contribution in [3.05, 3.63) is 59.0 Å². The Balaban J connectivity index is 2.03. The third kappa shape index (κ3) is 12.2. The van der Waals surface area contributed by atoms with Crippen molar-refractivity contribution in [2.45, 2.75) is 84.2 Å². The van der Waals surface area contributed by atoms with Gasteiger partial charge in [-0.05, 0) is 58.6 Å². The molecule has 0 fully saturated rings. The van der Waals surface area contributed by atoms with Gasteiger partial charge in [0, 0.05) is 13.0 Å². The zero-order valence-electron chi connectivity index (χ0n) is 24.1. The van der Waals surface area contributed by atoms with Gasteiger partial charge in [0.15, 0.2) is 0 Å². The lowest BCUT2D eigenvalue weighted by molar-refractivity contribution is -0.149. The molecule has 0 bridgehead atoms. The number of nitrogens with one attached hydrogen (secondary N) is 3. The number of amides is 3. The molecule has 11 nitrogen and oxygen atoms in total. The van der Waals surface area contributed by atoms with Crippen LogP contribution in [0.1, 0.15) is 73.7 Å². The van der Waals surface area contributed by atoms with Crippen LogP contribution >= 0.6 is 0 Å². The summed E-state index contributed by atoms with van der Waals surface area (Å²) < 4.78 is 15.9. The number of hydrogen-bond acceptors (Lipinski definition) is 8. The number of furan rings is 1. The first-order chi connectivity index (χ1) is 19.4. The van der Waals surface area contributed by atoms with Gasteiger partial charge in [0.25, 0.3) is 5.91 Å². The number of alkyl carbamates (subject to hydrolysis) is 1. The number of ether oxygens (including phenoxy) is 2. The zero-order valence-corrected chi connectivity index (χ0v) is 24.1. The van der Waals surface area contributed by atoms with Gasteiger partial charge in [-0.2, -0.15) is 0 Å². The summed E-state index contributed by atoms with van der Waals surface area (Å²) in [6.45, 7) is 7.72. The van der Waals surface area contributed by atoms with Crippen LogP contribution in [0.2, 0.25) is 0 Å². The number of hydrogen-bond donors (Lipinski definition) is 4. The molecular formula is C30H40N4O7. The van der Waals surface area contributed by atoms with Gasteiger partial charge in [-0.15, -0.1) is 12.3 Å². The SMILES string of the molecule is C#CC[C@H](NC(=O)c1coc(CN)c1)C(=O)N[C@@H](CCCCNC(=O)OC(C)(C)C)C(=O)OCc1ccc(C)cc1. The Kier molecular flexibility index (Phi) is 12.9. The van der Waals surface area contributed by atoms with Gasteiger partial charge in [0.1, 0.15) is 36.3 Å². The lowest BCUT2D eigenvalue weighted by atomic mass is 10.1. The standard InChI is InChI=1S/C30H40N4O7/c1-6-9-24(33-26(35)22-16-23(17-31)39-19-22)27(36)34-25(10-7-8-15-32-29(38)41-30(3,4)5)28(37)40-18-21-13-11-20(2)12-14-21/h1,11-14,16,19,24-25H,7-10,15,17-18,31H2,2-5H3,(H,32,38)(H,33,35)(H,34,36)/t24-,25-/m0/s1. The lowest BCUT2D eigenvalue weighted by Crippen LogP contribution is -2.51. The smallest absolute Gasteiger partial charge is 0.407 e. The first kappa shape index (κ1) is 32.9. The monoisotopic (exact) mass is 568 g/mol. The van der Waals surface area contributed by atoms with Gasteiger partial charge < -0.3 is 35.6 Å². The minimum absolute atomic E-state index is 0.0279. The second kappa shape index (κ2) is 16.1. The molecule has 0 aliphatic rings. The van der Waals surface area contributed by atoms with E-state index in [0.29, 0.717) is 25.1 Å². The van der Waals surface area contributed by atoms with Crippen molar-refractivity contribution in [3.63, 3.8) is 0 Å².